The molecule has 1 fully saturated rings. The standard InChI is InChI=1S/C9H19N3O/c1-3-10-13-9-12-7-5-11(4-2)6-8-12/h3H,4-9H2,1-2H3. The van der Waals surface area contributed by atoms with Gasteiger partial charge in [0.1, 0.15) is 0 Å². The Balaban J connectivity index is 2.10. The Kier molecular flexibility index (Phi) is 4.78. The predicted octanol–water partition coefficient (Wildman–Crippen LogP) is 0.604. The van der Waals surface area contributed by atoms with Crippen molar-refractivity contribution in [1.82, 2.24) is 9.80 Å². The van der Waals surface area contributed by atoms with Crippen LogP contribution in [0.2, 0.25) is 0 Å². The molecule has 1 saturated heterocycles. The molecule has 1 rings (SSSR count). The molecule has 4 nitrogen and oxygen atoms in total. The number of rotatable bonds is 4. The van der Waals surface area contributed by atoms with Crippen LogP contribution in [0, 0.1) is 0 Å². The van der Waals surface area contributed by atoms with Crippen molar-refractivity contribution in [1.29, 1.82) is 0 Å². The smallest absolute Gasteiger partial charge is 0.170 e. The van der Waals surface area contributed by atoms with Crippen molar-refractivity contribution in [2.45, 2.75) is 13.8 Å². The molecule has 0 aromatic carbocycles. The minimum Gasteiger partial charge on any atom is -0.380 e. The van der Waals surface area contributed by atoms with Gasteiger partial charge in [0.05, 0.1) is 0 Å². The van der Waals surface area contributed by atoms with Gasteiger partial charge in [0, 0.05) is 32.4 Å². The quantitative estimate of drug-likeness (QED) is 0.474. The van der Waals surface area contributed by atoms with Gasteiger partial charge in [-0.05, 0) is 13.5 Å². The largest absolute Gasteiger partial charge is 0.380 e. The molecule has 0 aromatic rings. The van der Waals surface area contributed by atoms with E-state index in [1.807, 2.05) is 6.92 Å². The minimum absolute atomic E-state index is 0.627. The average molecular weight is 185 g/mol. The molecular formula is C9H19N3O. The molecule has 0 bridgehead atoms. The third-order valence-corrected chi connectivity index (χ3v) is 2.33. The molecule has 4 heteroatoms. The van der Waals surface area contributed by atoms with Crippen LogP contribution in [0.4, 0.5) is 0 Å². The van der Waals surface area contributed by atoms with E-state index in [0.717, 1.165) is 32.7 Å². The third-order valence-electron chi connectivity index (χ3n) is 2.33. The Bertz CT molecular complexity index is 153. The van der Waals surface area contributed by atoms with Gasteiger partial charge in [-0.15, -0.1) is 0 Å². The van der Waals surface area contributed by atoms with E-state index in [1.165, 1.54) is 0 Å². The van der Waals surface area contributed by atoms with E-state index in [-0.39, 0.29) is 0 Å². The first-order valence-corrected chi connectivity index (χ1v) is 4.91. The number of likely N-dealkylation sites (N-methyl/N-ethyl adjacent to an activating group) is 1. The second kappa shape index (κ2) is 5.94. The molecule has 0 aromatic heterocycles. The van der Waals surface area contributed by atoms with Gasteiger partial charge in [-0.1, -0.05) is 12.1 Å². The summed E-state index contributed by atoms with van der Waals surface area (Å²) in [4.78, 5) is 9.79. The van der Waals surface area contributed by atoms with E-state index in [9.17, 15) is 0 Å². The van der Waals surface area contributed by atoms with Gasteiger partial charge >= 0.3 is 0 Å². The third kappa shape index (κ3) is 3.74. The second-order valence-electron chi connectivity index (χ2n) is 3.17. The first-order valence-electron chi connectivity index (χ1n) is 4.91. The molecule has 0 spiro atoms. The SMILES string of the molecule is CC=NOCN1CCN(CC)CC1. The molecule has 1 heterocycles. The highest BCUT2D eigenvalue weighted by atomic mass is 16.6. The molecule has 0 saturated carbocycles. The normalized spacial score (nSPS) is 21.1. The maximum atomic E-state index is 5.07. The molecule has 0 unspecified atom stereocenters. The zero-order valence-electron chi connectivity index (χ0n) is 8.57. The van der Waals surface area contributed by atoms with Crippen molar-refractivity contribution in [2.24, 2.45) is 5.16 Å². The summed E-state index contributed by atoms with van der Waals surface area (Å²) < 4.78 is 0. The van der Waals surface area contributed by atoms with Gasteiger partial charge in [-0.2, -0.15) is 0 Å². The molecule has 13 heavy (non-hydrogen) atoms. The van der Waals surface area contributed by atoms with E-state index in [4.69, 9.17) is 4.84 Å². The van der Waals surface area contributed by atoms with Crippen LogP contribution in [-0.4, -0.2) is 55.5 Å². The summed E-state index contributed by atoms with van der Waals surface area (Å²) in [5.74, 6) is 0. The lowest BCUT2D eigenvalue weighted by atomic mass is 10.3. The summed E-state index contributed by atoms with van der Waals surface area (Å²) in [6.07, 6.45) is 1.67. The summed E-state index contributed by atoms with van der Waals surface area (Å²) in [6, 6.07) is 0. The van der Waals surface area contributed by atoms with E-state index in [1.54, 1.807) is 6.21 Å². The van der Waals surface area contributed by atoms with Crippen LogP contribution in [-0.2, 0) is 4.84 Å². The highest BCUT2D eigenvalue weighted by Gasteiger charge is 2.14. The van der Waals surface area contributed by atoms with Crippen molar-refractivity contribution >= 4 is 6.21 Å². The van der Waals surface area contributed by atoms with Gasteiger partial charge in [0.2, 0.25) is 0 Å². The lowest BCUT2D eigenvalue weighted by molar-refractivity contribution is 0.00619. The lowest BCUT2D eigenvalue weighted by Gasteiger charge is -2.32. The summed E-state index contributed by atoms with van der Waals surface area (Å²) >= 11 is 0. The highest BCUT2D eigenvalue weighted by Crippen LogP contribution is 2.00. The maximum absolute atomic E-state index is 5.07. The topological polar surface area (TPSA) is 28.1 Å². The summed E-state index contributed by atoms with van der Waals surface area (Å²) in [6.45, 7) is 10.3. The van der Waals surface area contributed by atoms with Crippen molar-refractivity contribution in [3.63, 3.8) is 0 Å². The maximum Gasteiger partial charge on any atom is 0.170 e. The fourth-order valence-electron chi connectivity index (χ4n) is 1.42. The predicted molar refractivity (Wildman–Crippen MR) is 53.8 cm³/mol. The van der Waals surface area contributed by atoms with Crippen LogP contribution in [0.25, 0.3) is 0 Å². The fraction of sp³-hybridized carbons (Fsp3) is 0.889. The fourth-order valence-corrected chi connectivity index (χ4v) is 1.42. The molecule has 76 valence electrons. The van der Waals surface area contributed by atoms with Crippen LogP contribution in [0.5, 0.6) is 0 Å². The first-order chi connectivity index (χ1) is 6.36. The number of nitrogens with zero attached hydrogens (tertiary/aromatic N) is 3. The molecule has 1 aliphatic heterocycles. The van der Waals surface area contributed by atoms with Gasteiger partial charge < -0.3 is 9.74 Å². The Hall–Kier alpha value is -0.610. The van der Waals surface area contributed by atoms with Crippen LogP contribution in [0.1, 0.15) is 13.8 Å². The van der Waals surface area contributed by atoms with Gasteiger partial charge in [0.25, 0.3) is 0 Å². The van der Waals surface area contributed by atoms with Gasteiger partial charge in [-0.3, -0.25) is 4.90 Å². The Labute approximate surface area is 80.1 Å². The monoisotopic (exact) mass is 185 g/mol. The molecule has 0 radical (unpaired) electrons. The van der Waals surface area contributed by atoms with Crippen LogP contribution in [0.3, 0.4) is 0 Å². The van der Waals surface area contributed by atoms with Crippen LogP contribution >= 0.6 is 0 Å². The summed E-state index contributed by atoms with van der Waals surface area (Å²) in [7, 11) is 0. The first kappa shape index (κ1) is 10.5. The Morgan fingerprint density at radius 3 is 2.38 bits per heavy atom. The van der Waals surface area contributed by atoms with E-state index in [2.05, 4.69) is 21.9 Å². The van der Waals surface area contributed by atoms with E-state index < -0.39 is 0 Å². The van der Waals surface area contributed by atoms with Crippen LogP contribution in [0.15, 0.2) is 5.16 Å². The molecule has 1 aliphatic rings. The zero-order chi connectivity index (χ0) is 9.52. The zero-order valence-corrected chi connectivity index (χ0v) is 8.57. The number of piperazine rings is 1. The average Bonchev–Trinajstić information content (AvgIpc) is 2.19. The number of hydrogen-bond donors (Lipinski definition) is 0. The van der Waals surface area contributed by atoms with Gasteiger partial charge in [0.15, 0.2) is 6.73 Å². The summed E-state index contributed by atoms with van der Waals surface area (Å²) in [5.41, 5.74) is 0. The van der Waals surface area contributed by atoms with Crippen LogP contribution < -0.4 is 0 Å². The Morgan fingerprint density at radius 2 is 1.85 bits per heavy atom. The summed E-state index contributed by atoms with van der Waals surface area (Å²) in [5, 5.41) is 3.72. The number of hydrogen-bond acceptors (Lipinski definition) is 4. The van der Waals surface area contributed by atoms with Crippen molar-refractivity contribution in [2.75, 3.05) is 39.5 Å². The molecule has 0 aliphatic carbocycles. The van der Waals surface area contributed by atoms with Gasteiger partial charge in [-0.25, -0.2) is 0 Å². The molecule has 0 atom stereocenters. The lowest BCUT2D eigenvalue weighted by Crippen LogP contribution is -2.46. The molecule has 0 N–H and O–H groups in total. The van der Waals surface area contributed by atoms with Crippen molar-refractivity contribution in [3.8, 4) is 0 Å². The highest BCUT2D eigenvalue weighted by molar-refractivity contribution is 5.52. The number of oxime groups is 1. The van der Waals surface area contributed by atoms with E-state index >= 15 is 0 Å². The molecule has 0 amide bonds. The minimum atomic E-state index is 0.627. The van der Waals surface area contributed by atoms with E-state index in [0.29, 0.717) is 6.73 Å². The van der Waals surface area contributed by atoms with Crippen molar-refractivity contribution in [3.05, 3.63) is 0 Å². The second-order valence-corrected chi connectivity index (χ2v) is 3.17. The Morgan fingerprint density at radius 1 is 1.23 bits per heavy atom. The van der Waals surface area contributed by atoms with Crippen molar-refractivity contribution < 1.29 is 4.84 Å². The molecular weight excluding hydrogens is 166 g/mol.